The highest BCUT2D eigenvalue weighted by Gasteiger charge is 2.32. The summed E-state index contributed by atoms with van der Waals surface area (Å²) in [4.78, 5) is 3.54. The number of hydrogen-bond donors (Lipinski definition) is 2. The Kier molecular flexibility index (Phi) is 2.94. The van der Waals surface area contributed by atoms with Crippen molar-refractivity contribution in [3.05, 3.63) is 76.8 Å². The number of rotatable bonds is 0. The molecule has 0 bridgehead atoms. The van der Waals surface area contributed by atoms with Gasteiger partial charge in [0.1, 0.15) is 0 Å². The fourth-order valence-corrected chi connectivity index (χ4v) is 4.93. The van der Waals surface area contributed by atoms with Gasteiger partial charge in [0.15, 0.2) is 0 Å². The van der Waals surface area contributed by atoms with Gasteiger partial charge >= 0.3 is 0 Å². The van der Waals surface area contributed by atoms with E-state index in [2.05, 4.69) is 60.5 Å². The number of benzene rings is 3. The van der Waals surface area contributed by atoms with Crippen LogP contribution in [0.5, 0.6) is 0 Å². The number of nitrogens with zero attached hydrogens (tertiary/aromatic N) is 1. The van der Waals surface area contributed by atoms with Crippen LogP contribution in [0.15, 0.2) is 70.6 Å². The van der Waals surface area contributed by atoms with Gasteiger partial charge in [-0.25, -0.2) is 0 Å². The minimum atomic E-state index is 0.779. The Balaban J connectivity index is 1.83. The van der Waals surface area contributed by atoms with E-state index in [-0.39, 0.29) is 0 Å². The molecule has 0 amide bonds. The maximum atomic E-state index is 6.11. The number of thioether (sulfide) groups is 1. The van der Waals surface area contributed by atoms with E-state index in [1.165, 1.54) is 43.4 Å². The van der Waals surface area contributed by atoms with E-state index in [4.69, 9.17) is 11.5 Å². The van der Waals surface area contributed by atoms with Crippen molar-refractivity contribution in [2.45, 2.75) is 4.90 Å². The molecule has 3 aromatic carbocycles. The van der Waals surface area contributed by atoms with Crippen molar-refractivity contribution in [2.75, 3.05) is 23.4 Å². The van der Waals surface area contributed by atoms with E-state index in [1.807, 2.05) is 12.1 Å². The molecule has 1 aliphatic carbocycles. The first-order valence-corrected chi connectivity index (χ1v) is 9.00. The Morgan fingerprint density at radius 1 is 0.760 bits per heavy atom. The van der Waals surface area contributed by atoms with E-state index in [0.29, 0.717) is 0 Å². The zero-order valence-corrected chi connectivity index (χ0v) is 14.6. The molecule has 4 heteroatoms. The maximum Gasteiger partial charge on any atom is 0.0885 e. The van der Waals surface area contributed by atoms with E-state index in [0.717, 1.165) is 11.4 Å². The highest BCUT2D eigenvalue weighted by Crippen LogP contribution is 2.54. The second-order valence-electron chi connectivity index (χ2n) is 6.42. The largest absolute Gasteiger partial charge is 0.399 e. The molecule has 0 spiro atoms. The monoisotopic (exact) mass is 343 g/mol. The molecule has 3 aromatic rings. The van der Waals surface area contributed by atoms with E-state index in [1.54, 1.807) is 11.8 Å². The highest BCUT2D eigenvalue weighted by molar-refractivity contribution is 8.04. The van der Waals surface area contributed by atoms with Crippen LogP contribution in [0.1, 0.15) is 11.1 Å². The molecule has 2 aliphatic rings. The van der Waals surface area contributed by atoms with Gasteiger partial charge in [-0.15, -0.1) is 0 Å². The van der Waals surface area contributed by atoms with E-state index < -0.39 is 0 Å². The number of nitrogens with two attached hydrogens (primary N) is 2. The van der Waals surface area contributed by atoms with Gasteiger partial charge in [-0.2, -0.15) is 0 Å². The van der Waals surface area contributed by atoms with E-state index in [9.17, 15) is 0 Å². The van der Waals surface area contributed by atoms with Gasteiger partial charge in [0.2, 0.25) is 0 Å². The van der Waals surface area contributed by atoms with Crippen LogP contribution in [-0.4, -0.2) is 7.05 Å². The summed E-state index contributed by atoms with van der Waals surface area (Å²) in [5, 5.41) is 1.22. The molecular weight excluding hydrogens is 326 g/mol. The molecular formula is C21H17N3S. The standard InChI is InChI=1S/C21H17N3S/c1-24-18-4-2-3-5-19(18)25-21(24)20-16-10-12(22)6-8-14(16)15-9-7-13(23)11-17(15)20/h2-11H,22-23H2,1H3. The van der Waals surface area contributed by atoms with Crippen molar-refractivity contribution in [2.24, 2.45) is 0 Å². The van der Waals surface area contributed by atoms with Crippen LogP contribution in [0.3, 0.4) is 0 Å². The summed E-state index contributed by atoms with van der Waals surface area (Å²) >= 11 is 1.80. The topological polar surface area (TPSA) is 55.3 Å². The second-order valence-corrected chi connectivity index (χ2v) is 7.45. The van der Waals surface area contributed by atoms with Crippen LogP contribution in [0, 0.1) is 0 Å². The average Bonchev–Trinajstić information content (AvgIpc) is 3.09. The summed E-state index contributed by atoms with van der Waals surface area (Å²) in [7, 11) is 2.12. The number of fused-ring (bicyclic) bond motifs is 4. The SMILES string of the molecule is CN1C(=C2c3cc(N)ccc3-c3ccc(N)cc32)Sc2ccccc21. The predicted octanol–water partition coefficient (Wildman–Crippen LogP) is 4.79. The van der Waals surface area contributed by atoms with Crippen molar-refractivity contribution < 1.29 is 0 Å². The zero-order valence-electron chi connectivity index (χ0n) is 13.8. The van der Waals surface area contributed by atoms with Crippen LogP contribution in [0.2, 0.25) is 0 Å². The smallest absolute Gasteiger partial charge is 0.0885 e. The molecule has 5 rings (SSSR count). The van der Waals surface area contributed by atoms with Crippen molar-refractivity contribution in [1.82, 2.24) is 0 Å². The average molecular weight is 343 g/mol. The molecule has 122 valence electrons. The highest BCUT2D eigenvalue weighted by atomic mass is 32.2. The Bertz CT molecular complexity index is 1010. The second kappa shape index (κ2) is 5.07. The molecule has 0 saturated carbocycles. The Morgan fingerprint density at radius 3 is 1.96 bits per heavy atom. The third-order valence-corrected chi connectivity index (χ3v) is 6.10. The van der Waals surface area contributed by atoms with Gasteiger partial charge in [-0.3, -0.25) is 0 Å². The molecule has 0 aromatic heterocycles. The lowest BCUT2D eigenvalue weighted by atomic mass is 10.0. The molecule has 1 aliphatic heterocycles. The van der Waals surface area contributed by atoms with Gasteiger partial charge < -0.3 is 16.4 Å². The quantitative estimate of drug-likeness (QED) is 0.451. The number of para-hydroxylation sites is 1. The van der Waals surface area contributed by atoms with Crippen molar-refractivity contribution in [1.29, 1.82) is 0 Å². The van der Waals surface area contributed by atoms with Crippen molar-refractivity contribution in [3.8, 4) is 11.1 Å². The molecule has 0 saturated heterocycles. The third kappa shape index (κ3) is 2.01. The predicted molar refractivity (Wildman–Crippen MR) is 107 cm³/mol. The molecule has 0 fully saturated rings. The lowest BCUT2D eigenvalue weighted by Crippen LogP contribution is -2.11. The number of hydrogen-bond acceptors (Lipinski definition) is 4. The summed E-state index contributed by atoms with van der Waals surface area (Å²) in [6.45, 7) is 0. The fraction of sp³-hybridized carbons (Fsp3) is 0.0476. The summed E-state index contributed by atoms with van der Waals surface area (Å²) < 4.78 is 0. The van der Waals surface area contributed by atoms with Crippen molar-refractivity contribution in [3.63, 3.8) is 0 Å². The van der Waals surface area contributed by atoms with Crippen LogP contribution in [0.4, 0.5) is 17.1 Å². The zero-order chi connectivity index (χ0) is 17.1. The van der Waals surface area contributed by atoms with Gasteiger partial charge in [-0.05, 0) is 58.7 Å². The minimum Gasteiger partial charge on any atom is -0.399 e. The number of anilines is 3. The van der Waals surface area contributed by atoms with Crippen LogP contribution < -0.4 is 16.4 Å². The van der Waals surface area contributed by atoms with Crippen LogP contribution in [-0.2, 0) is 0 Å². The molecule has 4 N–H and O–H groups in total. The van der Waals surface area contributed by atoms with E-state index >= 15 is 0 Å². The Hall–Kier alpha value is -2.85. The first-order chi connectivity index (χ1) is 12.1. The van der Waals surface area contributed by atoms with Crippen molar-refractivity contribution >= 4 is 34.4 Å². The lowest BCUT2D eigenvalue weighted by Gasteiger charge is -2.17. The molecule has 0 atom stereocenters. The normalized spacial score (nSPS) is 14.5. The van der Waals surface area contributed by atoms with Gasteiger partial charge in [0, 0.05) is 28.9 Å². The summed E-state index contributed by atoms with van der Waals surface area (Å²) in [6.07, 6.45) is 0. The molecule has 0 radical (unpaired) electrons. The molecule has 25 heavy (non-hydrogen) atoms. The maximum absolute atomic E-state index is 6.11. The third-order valence-electron chi connectivity index (χ3n) is 4.87. The molecule has 3 nitrogen and oxygen atoms in total. The van der Waals surface area contributed by atoms with Gasteiger partial charge in [0.25, 0.3) is 0 Å². The molecule has 1 heterocycles. The minimum absolute atomic E-state index is 0.779. The van der Waals surface area contributed by atoms with Crippen LogP contribution >= 0.6 is 11.8 Å². The molecule has 0 unspecified atom stereocenters. The van der Waals surface area contributed by atoms with Crippen LogP contribution in [0.25, 0.3) is 16.7 Å². The van der Waals surface area contributed by atoms with Gasteiger partial charge in [0.05, 0.1) is 10.7 Å². The number of nitrogen functional groups attached to an aromatic ring is 2. The fourth-order valence-electron chi connectivity index (χ4n) is 3.70. The summed E-state index contributed by atoms with van der Waals surface area (Å²) in [5.74, 6) is 0. The first-order valence-electron chi connectivity index (χ1n) is 8.18. The summed E-state index contributed by atoms with van der Waals surface area (Å²) in [6, 6.07) is 20.8. The van der Waals surface area contributed by atoms with Gasteiger partial charge in [-0.1, -0.05) is 36.0 Å². The Labute approximate surface area is 151 Å². The lowest BCUT2D eigenvalue weighted by molar-refractivity contribution is 1.18. The Morgan fingerprint density at radius 2 is 1.36 bits per heavy atom. The first kappa shape index (κ1) is 14.5. The summed E-state index contributed by atoms with van der Waals surface area (Å²) in [5.41, 5.74) is 21.0.